The Balaban J connectivity index is 2.58. The van der Waals surface area contributed by atoms with E-state index in [0.717, 1.165) is 22.1 Å². The molecule has 0 bridgehead atoms. The second-order valence-corrected chi connectivity index (χ2v) is 3.98. The maximum absolute atomic E-state index is 6.07. The first-order valence-corrected chi connectivity index (χ1v) is 5.39. The molecule has 2 rings (SSSR count). The number of hydrogen-bond donors (Lipinski definition) is 1. The van der Waals surface area contributed by atoms with E-state index in [1.54, 1.807) is 4.68 Å². The number of rotatable bonds is 2. The molecule has 0 fully saturated rings. The number of nitrogens with two attached hydrogens (primary N) is 1. The third-order valence-electron chi connectivity index (χ3n) is 2.46. The summed E-state index contributed by atoms with van der Waals surface area (Å²) < 4.78 is 1.77. The Labute approximate surface area is 99.1 Å². The molecule has 0 saturated heterocycles. The van der Waals surface area contributed by atoms with E-state index in [2.05, 4.69) is 10.1 Å². The van der Waals surface area contributed by atoms with E-state index >= 15 is 0 Å². The van der Waals surface area contributed by atoms with Crippen LogP contribution in [0.1, 0.15) is 17.2 Å². The lowest BCUT2D eigenvalue weighted by atomic mass is 10.2. The van der Waals surface area contributed by atoms with E-state index in [1.807, 2.05) is 32.0 Å². The van der Waals surface area contributed by atoms with Gasteiger partial charge in [-0.25, -0.2) is 9.67 Å². The maximum atomic E-state index is 6.07. The zero-order valence-corrected chi connectivity index (χ0v) is 9.99. The highest BCUT2D eigenvalue weighted by Gasteiger charge is 2.10. The Kier molecular flexibility index (Phi) is 2.94. The van der Waals surface area contributed by atoms with Gasteiger partial charge in [0.05, 0.1) is 12.2 Å². The average molecular weight is 237 g/mol. The van der Waals surface area contributed by atoms with Crippen molar-refractivity contribution in [1.29, 1.82) is 0 Å². The zero-order chi connectivity index (χ0) is 11.7. The van der Waals surface area contributed by atoms with Crippen LogP contribution in [0.15, 0.2) is 18.2 Å². The molecule has 0 atom stereocenters. The minimum absolute atomic E-state index is 0.341. The van der Waals surface area contributed by atoms with Crippen LogP contribution >= 0.6 is 11.6 Å². The average Bonchev–Trinajstić information content (AvgIpc) is 2.64. The summed E-state index contributed by atoms with van der Waals surface area (Å²) in [4.78, 5) is 4.26. The first-order valence-electron chi connectivity index (χ1n) is 5.01. The van der Waals surface area contributed by atoms with Crippen molar-refractivity contribution in [3.63, 3.8) is 0 Å². The molecular formula is C11H13ClN4. The van der Waals surface area contributed by atoms with Crippen molar-refractivity contribution >= 4 is 11.6 Å². The molecule has 0 aliphatic rings. The van der Waals surface area contributed by atoms with Crippen molar-refractivity contribution in [2.45, 2.75) is 20.4 Å². The summed E-state index contributed by atoms with van der Waals surface area (Å²) in [5.41, 5.74) is 7.44. The number of aromatic nitrogens is 3. The van der Waals surface area contributed by atoms with E-state index < -0.39 is 0 Å². The van der Waals surface area contributed by atoms with Gasteiger partial charge in [0, 0.05) is 5.02 Å². The highest BCUT2D eigenvalue weighted by molar-refractivity contribution is 6.31. The molecule has 4 nitrogen and oxygen atoms in total. The summed E-state index contributed by atoms with van der Waals surface area (Å²) >= 11 is 6.07. The third-order valence-corrected chi connectivity index (χ3v) is 2.87. The van der Waals surface area contributed by atoms with Crippen LogP contribution in [0.4, 0.5) is 0 Å². The minimum atomic E-state index is 0.341. The van der Waals surface area contributed by atoms with Gasteiger partial charge in [-0.1, -0.05) is 17.7 Å². The summed E-state index contributed by atoms with van der Waals surface area (Å²) in [6.07, 6.45) is 0. The fourth-order valence-electron chi connectivity index (χ4n) is 1.58. The molecule has 1 heterocycles. The van der Waals surface area contributed by atoms with E-state index in [-0.39, 0.29) is 0 Å². The van der Waals surface area contributed by atoms with Gasteiger partial charge in [0.1, 0.15) is 5.82 Å². The lowest BCUT2D eigenvalue weighted by Crippen LogP contribution is -2.03. The van der Waals surface area contributed by atoms with Gasteiger partial charge in [0.25, 0.3) is 0 Å². The summed E-state index contributed by atoms with van der Waals surface area (Å²) in [7, 11) is 0. The van der Waals surface area contributed by atoms with Crippen LogP contribution in [0.25, 0.3) is 5.69 Å². The Hall–Kier alpha value is -1.39. The molecule has 2 N–H and O–H groups in total. The van der Waals surface area contributed by atoms with Crippen LogP contribution in [0.2, 0.25) is 5.02 Å². The van der Waals surface area contributed by atoms with Crippen LogP contribution in [-0.2, 0) is 6.54 Å². The lowest BCUT2D eigenvalue weighted by molar-refractivity contribution is 0.807. The van der Waals surface area contributed by atoms with Crippen LogP contribution in [-0.4, -0.2) is 14.8 Å². The van der Waals surface area contributed by atoms with Gasteiger partial charge >= 0.3 is 0 Å². The normalized spacial score (nSPS) is 10.8. The van der Waals surface area contributed by atoms with E-state index in [1.165, 1.54) is 0 Å². The van der Waals surface area contributed by atoms with Crippen molar-refractivity contribution in [3.8, 4) is 5.69 Å². The number of aryl methyl sites for hydroxylation is 1. The van der Waals surface area contributed by atoms with Crippen LogP contribution in [0.5, 0.6) is 0 Å². The summed E-state index contributed by atoms with van der Waals surface area (Å²) in [5.74, 6) is 1.45. The SMILES string of the molecule is Cc1c(Cl)cccc1-n1nc(CN)nc1C. The molecule has 0 amide bonds. The van der Waals surface area contributed by atoms with Crippen LogP contribution in [0, 0.1) is 13.8 Å². The molecule has 16 heavy (non-hydrogen) atoms. The van der Waals surface area contributed by atoms with E-state index in [4.69, 9.17) is 17.3 Å². The van der Waals surface area contributed by atoms with Crippen molar-refractivity contribution in [1.82, 2.24) is 14.8 Å². The molecule has 1 aromatic heterocycles. The molecule has 0 aliphatic heterocycles. The van der Waals surface area contributed by atoms with E-state index in [9.17, 15) is 0 Å². The number of halogens is 1. The van der Waals surface area contributed by atoms with Crippen LogP contribution < -0.4 is 5.73 Å². The summed E-state index contributed by atoms with van der Waals surface area (Å²) in [5, 5.41) is 5.05. The van der Waals surface area contributed by atoms with Crippen molar-refractivity contribution in [2.24, 2.45) is 5.73 Å². The predicted molar refractivity (Wildman–Crippen MR) is 63.7 cm³/mol. The fraction of sp³-hybridized carbons (Fsp3) is 0.273. The minimum Gasteiger partial charge on any atom is -0.324 e. The van der Waals surface area contributed by atoms with Gasteiger partial charge in [0.15, 0.2) is 5.82 Å². The molecule has 1 aromatic carbocycles. The Bertz CT molecular complexity index is 519. The third kappa shape index (κ3) is 1.81. The van der Waals surface area contributed by atoms with Gasteiger partial charge < -0.3 is 5.73 Å². The number of benzene rings is 1. The second-order valence-electron chi connectivity index (χ2n) is 3.58. The first kappa shape index (κ1) is 11.1. The van der Waals surface area contributed by atoms with Gasteiger partial charge in [-0.15, -0.1) is 5.10 Å². The summed E-state index contributed by atoms with van der Waals surface area (Å²) in [6, 6.07) is 5.72. The van der Waals surface area contributed by atoms with Gasteiger partial charge in [0.2, 0.25) is 0 Å². The number of nitrogens with zero attached hydrogens (tertiary/aromatic N) is 3. The summed E-state index contributed by atoms with van der Waals surface area (Å²) in [6.45, 7) is 4.20. The van der Waals surface area contributed by atoms with Crippen molar-refractivity contribution < 1.29 is 0 Å². The highest BCUT2D eigenvalue weighted by Crippen LogP contribution is 2.22. The Morgan fingerprint density at radius 1 is 1.38 bits per heavy atom. The highest BCUT2D eigenvalue weighted by atomic mass is 35.5. The molecule has 2 aromatic rings. The van der Waals surface area contributed by atoms with Gasteiger partial charge in [-0.3, -0.25) is 0 Å². The molecule has 0 saturated carbocycles. The predicted octanol–water partition coefficient (Wildman–Crippen LogP) is 2.00. The smallest absolute Gasteiger partial charge is 0.164 e. The molecule has 5 heteroatoms. The monoisotopic (exact) mass is 236 g/mol. The molecular weight excluding hydrogens is 224 g/mol. The fourth-order valence-corrected chi connectivity index (χ4v) is 1.75. The Morgan fingerprint density at radius 2 is 2.12 bits per heavy atom. The van der Waals surface area contributed by atoms with Gasteiger partial charge in [-0.05, 0) is 31.5 Å². The lowest BCUT2D eigenvalue weighted by Gasteiger charge is -2.07. The number of hydrogen-bond acceptors (Lipinski definition) is 3. The van der Waals surface area contributed by atoms with Crippen molar-refractivity contribution in [3.05, 3.63) is 40.4 Å². The van der Waals surface area contributed by atoms with E-state index in [0.29, 0.717) is 12.4 Å². The zero-order valence-electron chi connectivity index (χ0n) is 9.24. The largest absolute Gasteiger partial charge is 0.324 e. The first-order chi connectivity index (χ1) is 7.63. The molecule has 0 unspecified atom stereocenters. The Morgan fingerprint density at radius 3 is 2.75 bits per heavy atom. The standard InChI is InChI=1S/C11H13ClN4/c1-7-9(12)4-3-5-10(7)16-8(2)14-11(6-13)15-16/h3-5H,6,13H2,1-2H3. The molecule has 84 valence electrons. The second kappa shape index (κ2) is 4.23. The van der Waals surface area contributed by atoms with Crippen LogP contribution in [0.3, 0.4) is 0 Å². The maximum Gasteiger partial charge on any atom is 0.164 e. The van der Waals surface area contributed by atoms with Crippen molar-refractivity contribution in [2.75, 3.05) is 0 Å². The molecule has 0 radical (unpaired) electrons. The molecule has 0 aliphatic carbocycles. The topological polar surface area (TPSA) is 56.7 Å². The quantitative estimate of drug-likeness (QED) is 0.868. The van der Waals surface area contributed by atoms with Gasteiger partial charge in [-0.2, -0.15) is 0 Å². The molecule has 0 spiro atoms.